The molecule has 0 bridgehead atoms. The molecule has 2 fully saturated rings. The molecule has 2 aromatic rings. The number of pyridine rings is 1. The van der Waals surface area contributed by atoms with Crippen molar-refractivity contribution in [3.05, 3.63) is 29.7 Å². The van der Waals surface area contributed by atoms with Crippen molar-refractivity contribution >= 4 is 22.5 Å². The van der Waals surface area contributed by atoms with Crippen LogP contribution in [-0.2, 0) is 11.3 Å². The van der Waals surface area contributed by atoms with Crippen LogP contribution in [0.2, 0.25) is 0 Å². The number of ether oxygens (including phenoxy) is 1. The fraction of sp³-hybridized carbons (Fsp3) is 0.500. The third-order valence-electron chi connectivity index (χ3n) is 4.73. The fourth-order valence-electron chi connectivity index (χ4n) is 3.57. The van der Waals surface area contributed by atoms with Crippen molar-refractivity contribution in [1.82, 2.24) is 14.3 Å². The number of nitriles is 1. The van der Waals surface area contributed by atoms with E-state index in [9.17, 15) is 0 Å². The molecule has 24 heavy (non-hydrogen) atoms. The van der Waals surface area contributed by atoms with Crippen LogP contribution in [0.4, 0.5) is 10.9 Å². The zero-order chi connectivity index (χ0) is 16.5. The van der Waals surface area contributed by atoms with E-state index in [0.717, 1.165) is 42.8 Å². The Bertz CT molecular complexity index is 755. The largest absolute Gasteiger partial charge is 0.377 e. The van der Waals surface area contributed by atoms with Gasteiger partial charge in [0.2, 0.25) is 5.13 Å². The van der Waals surface area contributed by atoms with E-state index in [1.165, 1.54) is 11.5 Å². The van der Waals surface area contributed by atoms with Crippen molar-refractivity contribution < 1.29 is 4.74 Å². The average molecular weight is 342 g/mol. The van der Waals surface area contributed by atoms with E-state index in [-0.39, 0.29) is 0 Å². The summed E-state index contributed by atoms with van der Waals surface area (Å²) in [5.41, 5.74) is 0.597. The summed E-state index contributed by atoms with van der Waals surface area (Å²) in [6.07, 6.45) is 2.81. The van der Waals surface area contributed by atoms with Gasteiger partial charge in [0, 0.05) is 50.4 Å². The molecule has 2 aliphatic heterocycles. The van der Waals surface area contributed by atoms with Crippen molar-refractivity contribution in [1.29, 1.82) is 5.26 Å². The van der Waals surface area contributed by atoms with Crippen molar-refractivity contribution in [2.24, 2.45) is 5.92 Å². The van der Waals surface area contributed by atoms with Crippen LogP contribution in [0.1, 0.15) is 17.8 Å². The molecule has 2 aliphatic rings. The maximum Gasteiger partial charge on any atom is 0.205 e. The van der Waals surface area contributed by atoms with E-state index in [2.05, 4.69) is 30.2 Å². The lowest BCUT2D eigenvalue weighted by Crippen LogP contribution is -2.35. The topological polar surface area (TPSA) is 78.2 Å². The fourth-order valence-corrected chi connectivity index (χ4v) is 4.33. The molecule has 2 atom stereocenters. The van der Waals surface area contributed by atoms with Crippen LogP contribution >= 0.6 is 11.5 Å². The first-order valence-electron chi connectivity index (χ1n) is 7.97. The number of methoxy groups -OCH3 is 1. The second-order valence-corrected chi connectivity index (χ2v) is 6.89. The molecule has 2 aromatic heterocycles. The van der Waals surface area contributed by atoms with Gasteiger partial charge in [-0.2, -0.15) is 9.64 Å². The van der Waals surface area contributed by atoms with Gasteiger partial charge in [-0.3, -0.25) is 0 Å². The van der Waals surface area contributed by atoms with Crippen LogP contribution in [-0.4, -0.2) is 47.1 Å². The number of fused-ring (bicyclic) bond motifs is 1. The smallest absolute Gasteiger partial charge is 0.205 e. The standard InChI is InChI=1S/C16H18N6OS/c1-23-10-14-19-16(24-20-14)22-5-4-12-8-21(9-13(12)22)15-3-2-11(6-17)7-18-15/h2-3,7,12-13H,4-5,8-10H2,1H3. The molecule has 0 spiro atoms. The highest BCUT2D eigenvalue weighted by molar-refractivity contribution is 7.09. The lowest BCUT2D eigenvalue weighted by molar-refractivity contribution is 0.179. The Kier molecular flexibility index (Phi) is 4.04. The molecule has 124 valence electrons. The van der Waals surface area contributed by atoms with Gasteiger partial charge in [0.1, 0.15) is 18.5 Å². The van der Waals surface area contributed by atoms with Crippen molar-refractivity contribution in [2.45, 2.75) is 19.1 Å². The van der Waals surface area contributed by atoms with Gasteiger partial charge in [0.05, 0.1) is 11.6 Å². The van der Waals surface area contributed by atoms with Crippen LogP contribution in [0.3, 0.4) is 0 Å². The van der Waals surface area contributed by atoms with Crippen LogP contribution in [0.15, 0.2) is 18.3 Å². The minimum absolute atomic E-state index is 0.450. The van der Waals surface area contributed by atoms with Gasteiger partial charge in [0.15, 0.2) is 5.82 Å². The number of anilines is 2. The van der Waals surface area contributed by atoms with E-state index >= 15 is 0 Å². The highest BCUT2D eigenvalue weighted by atomic mass is 32.1. The first-order valence-corrected chi connectivity index (χ1v) is 8.75. The van der Waals surface area contributed by atoms with Crippen LogP contribution in [0.5, 0.6) is 0 Å². The molecular weight excluding hydrogens is 324 g/mol. The third kappa shape index (κ3) is 2.70. The molecule has 8 heteroatoms. The predicted octanol–water partition coefficient (Wildman–Crippen LogP) is 1.67. The van der Waals surface area contributed by atoms with E-state index in [0.29, 0.717) is 24.1 Å². The lowest BCUT2D eigenvalue weighted by Gasteiger charge is -2.24. The zero-order valence-corrected chi connectivity index (χ0v) is 14.2. The van der Waals surface area contributed by atoms with Gasteiger partial charge in [0.25, 0.3) is 0 Å². The summed E-state index contributed by atoms with van der Waals surface area (Å²) in [6, 6.07) is 6.33. The van der Waals surface area contributed by atoms with Crippen molar-refractivity contribution in [2.75, 3.05) is 36.5 Å². The molecule has 0 radical (unpaired) electrons. The van der Waals surface area contributed by atoms with Gasteiger partial charge >= 0.3 is 0 Å². The van der Waals surface area contributed by atoms with E-state index < -0.39 is 0 Å². The minimum atomic E-state index is 0.450. The Morgan fingerprint density at radius 3 is 3.08 bits per heavy atom. The highest BCUT2D eigenvalue weighted by Gasteiger charge is 2.42. The first kappa shape index (κ1) is 15.3. The van der Waals surface area contributed by atoms with Gasteiger partial charge in [-0.15, -0.1) is 0 Å². The highest BCUT2D eigenvalue weighted by Crippen LogP contribution is 2.37. The van der Waals surface area contributed by atoms with Gasteiger partial charge in [-0.1, -0.05) is 0 Å². The normalized spacial score (nSPS) is 22.7. The van der Waals surface area contributed by atoms with E-state index in [4.69, 9.17) is 10.00 Å². The summed E-state index contributed by atoms with van der Waals surface area (Å²) in [5.74, 6) is 2.32. The summed E-state index contributed by atoms with van der Waals surface area (Å²) >= 11 is 1.45. The Balaban J connectivity index is 1.49. The maximum absolute atomic E-state index is 8.90. The summed E-state index contributed by atoms with van der Waals surface area (Å²) in [4.78, 5) is 13.7. The molecule has 0 aliphatic carbocycles. The first-order chi connectivity index (χ1) is 11.8. The van der Waals surface area contributed by atoms with Crippen molar-refractivity contribution in [3.63, 3.8) is 0 Å². The Labute approximate surface area is 144 Å². The average Bonchev–Trinajstić information content (AvgIpc) is 3.30. The van der Waals surface area contributed by atoms with Crippen LogP contribution in [0.25, 0.3) is 0 Å². The van der Waals surface area contributed by atoms with E-state index in [1.807, 2.05) is 12.1 Å². The number of hydrogen-bond acceptors (Lipinski definition) is 8. The number of aromatic nitrogens is 3. The number of hydrogen-bond donors (Lipinski definition) is 0. The molecule has 4 rings (SSSR count). The molecule has 2 saturated heterocycles. The quantitative estimate of drug-likeness (QED) is 0.836. The summed E-state index contributed by atoms with van der Waals surface area (Å²) in [5, 5.41) is 9.89. The lowest BCUT2D eigenvalue weighted by atomic mass is 10.1. The molecule has 4 heterocycles. The molecule has 2 unspecified atom stereocenters. The molecule has 0 saturated carbocycles. The van der Waals surface area contributed by atoms with Gasteiger partial charge in [-0.25, -0.2) is 9.97 Å². The second kappa shape index (κ2) is 6.34. The zero-order valence-electron chi connectivity index (χ0n) is 13.4. The van der Waals surface area contributed by atoms with Gasteiger partial charge < -0.3 is 14.5 Å². The van der Waals surface area contributed by atoms with E-state index in [1.54, 1.807) is 13.3 Å². The van der Waals surface area contributed by atoms with Gasteiger partial charge in [-0.05, 0) is 18.6 Å². The molecule has 0 N–H and O–H groups in total. The summed E-state index contributed by atoms with van der Waals surface area (Å²) < 4.78 is 9.48. The SMILES string of the molecule is COCc1nsc(N2CCC3CN(c4ccc(C#N)cn4)CC32)n1. The molecule has 0 amide bonds. The molecule has 7 nitrogen and oxygen atoms in total. The van der Waals surface area contributed by atoms with Crippen LogP contribution in [0, 0.1) is 17.2 Å². The maximum atomic E-state index is 8.90. The number of rotatable bonds is 4. The molecular formula is C16H18N6OS. The summed E-state index contributed by atoms with van der Waals surface area (Å²) in [7, 11) is 1.66. The second-order valence-electron chi connectivity index (χ2n) is 6.16. The predicted molar refractivity (Wildman–Crippen MR) is 91.0 cm³/mol. The van der Waals surface area contributed by atoms with Crippen LogP contribution < -0.4 is 9.80 Å². The Morgan fingerprint density at radius 1 is 1.42 bits per heavy atom. The van der Waals surface area contributed by atoms with Crippen molar-refractivity contribution in [3.8, 4) is 6.07 Å². The Hall–Kier alpha value is -2.24. The summed E-state index contributed by atoms with van der Waals surface area (Å²) in [6.45, 7) is 3.43. The number of nitrogens with zero attached hydrogens (tertiary/aromatic N) is 6. The third-order valence-corrected chi connectivity index (χ3v) is 5.52. The monoisotopic (exact) mass is 342 g/mol. The Morgan fingerprint density at radius 2 is 2.33 bits per heavy atom. The minimum Gasteiger partial charge on any atom is -0.377 e. The molecule has 0 aromatic carbocycles.